The van der Waals surface area contributed by atoms with Gasteiger partial charge in [-0.15, -0.1) is 11.3 Å². The van der Waals surface area contributed by atoms with Crippen molar-refractivity contribution in [3.63, 3.8) is 0 Å². The van der Waals surface area contributed by atoms with Gasteiger partial charge in [0, 0.05) is 16.1 Å². The predicted octanol–water partition coefficient (Wildman–Crippen LogP) is 3.55. The first-order chi connectivity index (χ1) is 12.8. The lowest BCUT2D eigenvalue weighted by atomic mass is 10.1. The fourth-order valence-corrected chi connectivity index (χ4v) is 3.78. The number of hydrogen-bond donors (Lipinski definition) is 2. The fourth-order valence-electron chi connectivity index (χ4n) is 2.54. The number of anilines is 1. The van der Waals surface area contributed by atoms with Gasteiger partial charge in [-0.05, 0) is 55.7 Å². The van der Waals surface area contributed by atoms with Crippen LogP contribution in [0.4, 0.5) is 5.69 Å². The fraction of sp³-hybridized carbons (Fsp3) is 0.350. The van der Waals surface area contributed by atoms with Gasteiger partial charge in [0.2, 0.25) is 5.91 Å². The van der Waals surface area contributed by atoms with Gasteiger partial charge < -0.3 is 15.8 Å². The molecule has 1 heterocycles. The van der Waals surface area contributed by atoms with Gasteiger partial charge >= 0.3 is 5.97 Å². The normalized spacial score (nSPS) is 11.7. The Bertz CT molecular complexity index is 827. The van der Waals surface area contributed by atoms with Crippen LogP contribution in [0.3, 0.4) is 0 Å². The van der Waals surface area contributed by atoms with Crippen molar-refractivity contribution in [2.75, 3.05) is 5.32 Å². The van der Waals surface area contributed by atoms with Crippen molar-refractivity contribution in [3.8, 4) is 0 Å². The Morgan fingerprint density at radius 3 is 2.41 bits per heavy atom. The van der Waals surface area contributed by atoms with Crippen LogP contribution >= 0.6 is 11.3 Å². The molecule has 1 aromatic carbocycles. The highest BCUT2D eigenvalue weighted by molar-refractivity contribution is 7.14. The van der Waals surface area contributed by atoms with Crippen molar-refractivity contribution >= 4 is 34.8 Å². The van der Waals surface area contributed by atoms with Gasteiger partial charge in [0.05, 0.1) is 0 Å². The number of amides is 2. The lowest BCUT2D eigenvalue weighted by molar-refractivity contribution is -0.123. The molecule has 0 saturated heterocycles. The summed E-state index contributed by atoms with van der Waals surface area (Å²) in [6, 6.07) is 8.02. The molecule has 144 valence electrons. The molecule has 0 radical (unpaired) electrons. The average molecular weight is 388 g/mol. The number of primary amides is 1. The number of aryl methyl sites for hydroxylation is 2. The molecule has 27 heavy (non-hydrogen) atoms. The summed E-state index contributed by atoms with van der Waals surface area (Å²) in [7, 11) is 0. The van der Waals surface area contributed by atoms with Crippen molar-refractivity contribution in [1.29, 1.82) is 0 Å². The Morgan fingerprint density at radius 2 is 1.85 bits per heavy atom. The van der Waals surface area contributed by atoms with Gasteiger partial charge in [-0.1, -0.05) is 20.3 Å². The zero-order valence-corrected chi connectivity index (χ0v) is 16.5. The smallest absolute Gasteiger partial charge is 0.349 e. The zero-order chi connectivity index (χ0) is 20.0. The summed E-state index contributed by atoms with van der Waals surface area (Å²) in [5.41, 5.74) is 7.17. The summed E-state index contributed by atoms with van der Waals surface area (Å²) < 4.78 is 5.31. The SMILES string of the molecule is CCCc1sc(C(=O)O[C@H](C)C(=O)Nc2ccc(C(N)=O)cc2)cc1CC. The third-order valence-corrected chi connectivity index (χ3v) is 5.26. The predicted molar refractivity (Wildman–Crippen MR) is 106 cm³/mol. The minimum absolute atomic E-state index is 0.347. The Labute approximate surface area is 162 Å². The molecule has 2 rings (SSSR count). The number of nitrogens with one attached hydrogen (secondary N) is 1. The Kier molecular flexibility index (Phi) is 7.12. The average Bonchev–Trinajstić information content (AvgIpc) is 3.05. The van der Waals surface area contributed by atoms with Crippen LogP contribution in [-0.4, -0.2) is 23.9 Å². The number of carbonyl (C=O) groups excluding carboxylic acids is 3. The van der Waals surface area contributed by atoms with E-state index in [-0.39, 0.29) is 0 Å². The molecule has 3 N–H and O–H groups in total. The molecule has 0 fully saturated rings. The maximum atomic E-state index is 12.4. The second-order valence-corrected chi connectivity index (χ2v) is 7.28. The number of ether oxygens (including phenoxy) is 1. The van der Waals surface area contributed by atoms with Gasteiger partial charge in [0.25, 0.3) is 5.91 Å². The first-order valence-electron chi connectivity index (χ1n) is 8.89. The van der Waals surface area contributed by atoms with Crippen molar-refractivity contribution in [2.45, 2.75) is 46.1 Å². The molecule has 0 aliphatic rings. The van der Waals surface area contributed by atoms with Gasteiger partial charge in [0.15, 0.2) is 6.10 Å². The molecule has 0 unspecified atom stereocenters. The summed E-state index contributed by atoms with van der Waals surface area (Å²) >= 11 is 1.43. The first-order valence-corrected chi connectivity index (χ1v) is 9.70. The van der Waals surface area contributed by atoms with Crippen molar-refractivity contribution in [3.05, 3.63) is 51.2 Å². The van der Waals surface area contributed by atoms with E-state index in [4.69, 9.17) is 10.5 Å². The molecular formula is C20H24N2O4S. The molecule has 1 atom stereocenters. The van der Waals surface area contributed by atoms with Crippen LogP contribution < -0.4 is 11.1 Å². The van der Waals surface area contributed by atoms with Gasteiger partial charge in [-0.3, -0.25) is 9.59 Å². The van der Waals surface area contributed by atoms with E-state index < -0.39 is 23.9 Å². The lowest BCUT2D eigenvalue weighted by Gasteiger charge is -2.13. The number of nitrogens with two attached hydrogens (primary N) is 1. The van der Waals surface area contributed by atoms with Gasteiger partial charge in [-0.25, -0.2) is 4.79 Å². The number of rotatable bonds is 8. The highest BCUT2D eigenvalue weighted by Gasteiger charge is 2.21. The summed E-state index contributed by atoms with van der Waals surface area (Å²) in [4.78, 5) is 37.4. The van der Waals surface area contributed by atoms with E-state index in [1.807, 2.05) is 6.07 Å². The van der Waals surface area contributed by atoms with Crippen molar-refractivity contribution in [2.24, 2.45) is 5.73 Å². The number of carbonyl (C=O) groups is 3. The molecule has 0 aliphatic carbocycles. The molecular weight excluding hydrogens is 364 g/mol. The monoisotopic (exact) mass is 388 g/mol. The zero-order valence-electron chi connectivity index (χ0n) is 15.7. The Hall–Kier alpha value is -2.67. The molecule has 2 amide bonds. The summed E-state index contributed by atoms with van der Waals surface area (Å²) in [5, 5.41) is 2.65. The Morgan fingerprint density at radius 1 is 1.19 bits per heavy atom. The quantitative estimate of drug-likeness (QED) is 0.676. The molecule has 0 spiro atoms. The maximum Gasteiger partial charge on any atom is 0.349 e. The van der Waals surface area contributed by atoms with E-state index in [1.54, 1.807) is 12.1 Å². The lowest BCUT2D eigenvalue weighted by Crippen LogP contribution is -2.29. The molecule has 0 bridgehead atoms. The minimum atomic E-state index is -0.949. The van der Waals surface area contributed by atoms with Crippen LogP contribution in [0.2, 0.25) is 0 Å². The standard InChI is InChI=1S/C20H24N2O4S/c1-4-6-16-13(5-2)11-17(27-16)20(25)26-12(3)19(24)22-15-9-7-14(8-10-15)18(21)23/h7-12H,4-6H2,1-3H3,(H2,21,23)(H,22,24)/t12-/m1/s1. The van der Waals surface area contributed by atoms with E-state index in [0.717, 1.165) is 24.8 Å². The third kappa shape index (κ3) is 5.40. The Balaban J connectivity index is 1.99. The van der Waals surface area contributed by atoms with Crippen LogP contribution in [0.25, 0.3) is 0 Å². The largest absolute Gasteiger partial charge is 0.448 e. The molecule has 0 saturated carbocycles. The molecule has 2 aromatic rings. The minimum Gasteiger partial charge on any atom is -0.448 e. The number of esters is 1. The highest BCUT2D eigenvalue weighted by Crippen LogP contribution is 2.25. The second kappa shape index (κ2) is 9.32. The molecule has 6 nitrogen and oxygen atoms in total. The molecule has 0 aliphatic heterocycles. The van der Waals surface area contributed by atoms with Crippen LogP contribution in [-0.2, 0) is 22.4 Å². The first kappa shape index (κ1) is 20.6. The van der Waals surface area contributed by atoms with Crippen molar-refractivity contribution < 1.29 is 19.1 Å². The van der Waals surface area contributed by atoms with E-state index in [9.17, 15) is 14.4 Å². The maximum absolute atomic E-state index is 12.4. The topological polar surface area (TPSA) is 98.5 Å². The van der Waals surface area contributed by atoms with Gasteiger partial charge in [0.1, 0.15) is 4.88 Å². The van der Waals surface area contributed by atoms with Crippen LogP contribution in [0.5, 0.6) is 0 Å². The van der Waals surface area contributed by atoms with E-state index in [1.165, 1.54) is 35.3 Å². The number of hydrogen-bond acceptors (Lipinski definition) is 5. The number of thiophene rings is 1. The number of benzene rings is 1. The second-order valence-electron chi connectivity index (χ2n) is 6.14. The molecule has 7 heteroatoms. The van der Waals surface area contributed by atoms with Crippen molar-refractivity contribution in [1.82, 2.24) is 0 Å². The highest BCUT2D eigenvalue weighted by atomic mass is 32.1. The van der Waals surface area contributed by atoms with E-state index in [2.05, 4.69) is 19.2 Å². The summed E-state index contributed by atoms with van der Waals surface area (Å²) in [6.07, 6.45) is 1.85. The van der Waals surface area contributed by atoms with E-state index >= 15 is 0 Å². The summed E-state index contributed by atoms with van der Waals surface area (Å²) in [5.74, 6) is -1.49. The van der Waals surface area contributed by atoms with Crippen LogP contribution in [0.1, 0.15) is 57.7 Å². The van der Waals surface area contributed by atoms with Gasteiger partial charge in [-0.2, -0.15) is 0 Å². The summed E-state index contributed by atoms with van der Waals surface area (Å²) in [6.45, 7) is 5.67. The van der Waals surface area contributed by atoms with Crippen LogP contribution in [0.15, 0.2) is 30.3 Å². The van der Waals surface area contributed by atoms with E-state index in [0.29, 0.717) is 16.1 Å². The van der Waals surface area contributed by atoms with Crippen LogP contribution in [0, 0.1) is 0 Å². The third-order valence-electron chi connectivity index (χ3n) is 4.05. The molecule has 1 aromatic heterocycles.